The third-order valence-electron chi connectivity index (χ3n) is 4.91. The number of carboxylic acids is 1. The number of aromatic nitrogens is 4. The Hall–Kier alpha value is -4.40. The second kappa shape index (κ2) is 10.9. The number of amides is 1. The van der Waals surface area contributed by atoms with Crippen LogP contribution in [0, 0.1) is 11.3 Å². The highest BCUT2D eigenvalue weighted by Crippen LogP contribution is 2.31. The molecule has 0 saturated heterocycles. The average Bonchev–Trinajstić information content (AvgIpc) is 3.30. The summed E-state index contributed by atoms with van der Waals surface area (Å²) in [5.41, 5.74) is 2.08. The number of fused-ring (bicyclic) bond motifs is 1. The molecule has 1 aromatic carbocycles. The van der Waals surface area contributed by atoms with Gasteiger partial charge in [0.25, 0.3) is 5.91 Å². The number of benzene rings is 1. The fourth-order valence-corrected chi connectivity index (χ4v) is 3.75. The van der Waals surface area contributed by atoms with E-state index in [2.05, 4.69) is 31.0 Å². The van der Waals surface area contributed by atoms with Crippen LogP contribution in [0.15, 0.2) is 48.8 Å². The Morgan fingerprint density at radius 2 is 1.92 bits per heavy atom. The number of halogens is 2. The second-order valence-corrected chi connectivity index (χ2v) is 8.28. The van der Waals surface area contributed by atoms with E-state index in [1.165, 1.54) is 16.8 Å². The molecule has 4 aromatic rings. The van der Waals surface area contributed by atoms with E-state index >= 15 is 0 Å². The van der Waals surface area contributed by atoms with Crippen LogP contribution in [0.4, 0.5) is 11.6 Å². The lowest BCUT2D eigenvalue weighted by molar-refractivity contribution is -0.135. The molecule has 182 valence electrons. The molecule has 0 aliphatic heterocycles. The van der Waals surface area contributed by atoms with Crippen molar-refractivity contribution in [3.8, 4) is 17.3 Å². The van der Waals surface area contributed by atoms with Crippen molar-refractivity contribution < 1.29 is 14.7 Å². The molecule has 4 rings (SSSR count). The van der Waals surface area contributed by atoms with Gasteiger partial charge in [0.15, 0.2) is 11.5 Å². The Balaban J connectivity index is 1.60. The lowest BCUT2D eigenvalue weighted by atomic mass is 10.1. The maximum absolute atomic E-state index is 12.4. The van der Waals surface area contributed by atoms with Crippen molar-refractivity contribution >= 4 is 52.2 Å². The van der Waals surface area contributed by atoms with Gasteiger partial charge in [-0.15, -0.1) is 0 Å². The largest absolute Gasteiger partial charge is 0.480 e. The van der Waals surface area contributed by atoms with Gasteiger partial charge in [0.1, 0.15) is 23.9 Å². The molecule has 0 saturated carbocycles. The zero-order chi connectivity index (χ0) is 25.7. The Morgan fingerprint density at radius 1 is 1.11 bits per heavy atom. The van der Waals surface area contributed by atoms with Gasteiger partial charge in [-0.05, 0) is 30.3 Å². The predicted octanol–water partition coefficient (Wildman–Crippen LogP) is 3.31. The van der Waals surface area contributed by atoms with Crippen molar-refractivity contribution in [2.75, 3.05) is 30.3 Å². The van der Waals surface area contributed by atoms with Crippen molar-refractivity contribution in [2.45, 2.75) is 0 Å². The predicted molar refractivity (Wildman–Crippen MR) is 134 cm³/mol. The molecule has 0 aliphatic rings. The van der Waals surface area contributed by atoms with E-state index in [9.17, 15) is 9.59 Å². The van der Waals surface area contributed by atoms with Gasteiger partial charge in [0.05, 0.1) is 22.5 Å². The summed E-state index contributed by atoms with van der Waals surface area (Å²) >= 11 is 12.4. The molecule has 11 nitrogen and oxygen atoms in total. The summed E-state index contributed by atoms with van der Waals surface area (Å²) in [5, 5.41) is 31.5. The minimum absolute atomic E-state index is 0.0281. The Bertz CT molecular complexity index is 1480. The van der Waals surface area contributed by atoms with Crippen molar-refractivity contribution in [1.82, 2.24) is 24.9 Å². The Labute approximate surface area is 214 Å². The van der Waals surface area contributed by atoms with Gasteiger partial charge >= 0.3 is 5.97 Å². The van der Waals surface area contributed by atoms with Gasteiger partial charge in [-0.1, -0.05) is 23.2 Å². The van der Waals surface area contributed by atoms with Crippen LogP contribution >= 0.6 is 23.2 Å². The van der Waals surface area contributed by atoms with Gasteiger partial charge in [-0.2, -0.15) is 10.4 Å². The van der Waals surface area contributed by atoms with Crippen LogP contribution in [-0.4, -0.2) is 56.2 Å². The van der Waals surface area contributed by atoms with Crippen LogP contribution in [-0.2, 0) is 4.79 Å². The zero-order valence-corrected chi connectivity index (χ0v) is 20.0. The van der Waals surface area contributed by atoms with Crippen LogP contribution in [0.1, 0.15) is 16.1 Å². The van der Waals surface area contributed by atoms with Crippen molar-refractivity contribution in [3.05, 3.63) is 70.1 Å². The minimum atomic E-state index is -1.17. The van der Waals surface area contributed by atoms with E-state index in [1.807, 2.05) is 6.07 Å². The molecule has 0 aliphatic carbocycles. The van der Waals surface area contributed by atoms with Crippen LogP contribution in [0.3, 0.4) is 0 Å². The summed E-state index contributed by atoms with van der Waals surface area (Å²) in [7, 11) is 0. The third-order valence-corrected chi connectivity index (χ3v) is 5.46. The number of nitrogens with zero attached hydrogens (tertiary/aromatic N) is 5. The number of nitrogens with one attached hydrogen (secondary N) is 3. The first-order chi connectivity index (χ1) is 17.3. The monoisotopic (exact) mass is 524 g/mol. The first-order valence-corrected chi connectivity index (χ1v) is 11.3. The lowest BCUT2D eigenvalue weighted by Crippen LogP contribution is -2.29. The third kappa shape index (κ3) is 5.80. The molecule has 0 radical (unpaired) electrons. The Kier molecular flexibility index (Phi) is 7.48. The normalized spacial score (nSPS) is 10.6. The van der Waals surface area contributed by atoms with Gasteiger partial charge in [-0.3, -0.25) is 9.59 Å². The molecule has 0 bridgehead atoms. The van der Waals surface area contributed by atoms with E-state index in [-0.39, 0.29) is 5.69 Å². The smallest absolute Gasteiger partial charge is 0.322 e. The molecule has 0 fully saturated rings. The SMILES string of the molecule is N#Cc1ccc(NCCNc2nc(-c3ccc(Cl)cc3Cl)cn3nc(C(=O)NCC(=O)O)cc23)nc1. The minimum Gasteiger partial charge on any atom is -0.480 e. The highest BCUT2D eigenvalue weighted by Gasteiger charge is 2.17. The lowest BCUT2D eigenvalue weighted by Gasteiger charge is -2.12. The fourth-order valence-electron chi connectivity index (χ4n) is 3.24. The quantitative estimate of drug-likeness (QED) is 0.241. The molecular weight excluding hydrogens is 507 g/mol. The van der Waals surface area contributed by atoms with Crippen LogP contribution < -0.4 is 16.0 Å². The summed E-state index contributed by atoms with van der Waals surface area (Å²) in [5.74, 6) is -0.762. The molecule has 13 heteroatoms. The summed E-state index contributed by atoms with van der Waals surface area (Å²) in [6.07, 6.45) is 3.09. The molecule has 0 spiro atoms. The first-order valence-electron chi connectivity index (χ1n) is 10.5. The molecular formula is C23H18Cl2N8O3. The standard InChI is InChI=1S/C23H18Cl2N8O3/c24-14-2-3-15(16(25)7-14)18-12-33-19(8-17(32-33)23(36)30-11-21(34)35)22(31-18)28-6-5-27-20-4-1-13(9-26)10-29-20/h1-4,7-8,10,12H,5-6,11H2,(H,27,29)(H,28,31)(H,30,36)(H,34,35). The molecule has 0 unspecified atom stereocenters. The number of carboxylic acid groups (broad SMARTS) is 1. The number of carbonyl (C=O) groups is 2. The second-order valence-electron chi connectivity index (χ2n) is 7.43. The molecule has 36 heavy (non-hydrogen) atoms. The van der Waals surface area contributed by atoms with E-state index in [0.29, 0.717) is 57.1 Å². The average molecular weight is 525 g/mol. The van der Waals surface area contributed by atoms with Gasteiger partial charge in [0, 0.05) is 35.9 Å². The number of rotatable bonds is 9. The van der Waals surface area contributed by atoms with Crippen molar-refractivity contribution in [1.29, 1.82) is 5.26 Å². The van der Waals surface area contributed by atoms with Crippen molar-refractivity contribution in [3.63, 3.8) is 0 Å². The number of hydrogen-bond donors (Lipinski definition) is 4. The number of anilines is 2. The number of nitriles is 1. The van der Waals surface area contributed by atoms with Crippen molar-refractivity contribution in [2.24, 2.45) is 0 Å². The topological polar surface area (TPSA) is 157 Å². The van der Waals surface area contributed by atoms with Crippen LogP contribution in [0.5, 0.6) is 0 Å². The summed E-state index contributed by atoms with van der Waals surface area (Å²) in [6, 6.07) is 11.9. The van der Waals surface area contributed by atoms with Gasteiger partial charge in [0.2, 0.25) is 0 Å². The fraction of sp³-hybridized carbons (Fsp3) is 0.130. The zero-order valence-electron chi connectivity index (χ0n) is 18.5. The van der Waals surface area contributed by atoms with E-state index < -0.39 is 18.4 Å². The van der Waals surface area contributed by atoms with E-state index in [1.54, 1.807) is 36.5 Å². The van der Waals surface area contributed by atoms with Crippen LogP contribution in [0.25, 0.3) is 16.8 Å². The number of carbonyl (C=O) groups excluding carboxylic acids is 1. The summed E-state index contributed by atoms with van der Waals surface area (Å²) in [4.78, 5) is 32.0. The maximum atomic E-state index is 12.4. The highest BCUT2D eigenvalue weighted by molar-refractivity contribution is 6.36. The summed E-state index contributed by atoms with van der Waals surface area (Å²) < 4.78 is 1.47. The van der Waals surface area contributed by atoms with Gasteiger partial charge in [-0.25, -0.2) is 14.5 Å². The number of aliphatic carboxylic acids is 1. The summed E-state index contributed by atoms with van der Waals surface area (Å²) in [6.45, 7) is 0.364. The molecule has 3 aromatic heterocycles. The molecule has 0 atom stereocenters. The first kappa shape index (κ1) is 24.7. The molecule has 3 heterocycles. The van der Waals surface area contributed by atoms with E-state index in [4.69, 9.17) is 33.6 Å². The molecule has 4 N–H and O–H groups in total. The van der Waals surface area contributed by atoms with E-state index in [0.717, 1.165) is 0 Å². The highest BCUT2D eigenvalue weighted by atomic mass is 35.5. The molecule has 1 amide bonds. The Morgan fingerprint density at radius 3 is 2.61 bits per heavy atom. The number of hydrogen-bond acceptors (Lipinski definition) is 8. The van der Waals surface area contributed by atoms with Crippen LogP contribution in [0.2, 0.25) is 10.0 Å². The maximum Gasteiger partial charge on any atom is 0.322 e. The van der Waals surface area contributed by atoms with Gasteiger partial charge < -0.3 is 21.1 Å². The number of pyridine rings is 1.